The van der Waals surface area contributed by atoms with Crippen LogP contribution in [0.4, 0.5) is 10.5 Å². The Hall–Kier alpha value is -1.42. The van der Waals surface area contributed by atoms with Crippen molar-refractivity contribution in [1.82, 2.24) is 5.43 Å². The Morgan fingerprint density at radius 1 is 1.38 bits per heavy atom. The van der Waals surface area contributed by atoms with Crippen molar-refractivity contribution in [2.75, 3.05) is 12.0 Å². The molecule has 2 N–H and O–H groups in total. The molecular formula is C11H15ClN2O2. The van der Waals surface area contributed by atoms with E-state index in [0.29, 0.717) is 17.5 Å². The van der Waals surface area contributed by atoms with Gasteiger partial charge in [-0.2, -0.15) is 0 Å². The fraction of sp³-hybridized carbons (Fsp3) is 0.364. The van der Waals surface area contributed by atoms with Crippen molar-refractivity contribution in [3.8, 4) is 0 Å². The number of hydrogen-bond acceptors (Lipinski definition) is 3. The number of benzene rings is 1. The Labute approximate surface area is 99.9 Å². The molecule has 4 nitrogen and oxygen atoms in total. The smallest absolute Gasteiger partial charge is 0.425 e. The number of ether oxygens (including phenoxy) is 1. The van der Waals surface area contributed by atoms with Crippen LogP contribution in [0.1, 0.15) is 13.8 Å². The fourth-order valence-corrected chi connectivity index (χ4v) is 1.06. The van der Waals surface area contributed by atoms with Gasteiger partial charge in [0, 0.05) is 5.02 Å². The Kier molecular flexibility index (Phi) is 4.92. The Balaban J connectivity index is 2.29. The largest absolute Gasteiger partial charge is 0.448 e. The van der Waals surface area contributed by atoms with E-state index >= 15 is 0 Å². The quantitative estimate of drug-likeness (QED) is 0.798. The summed E-state index contributed by atoms with van der Waals surface area (Å²) in [7, 11) is 0. The second kappa shape index (κ2) is 6.23. The van der Waals surface area contributed by atoms with Crippen LogP contribution in [0.25, 0.3) is 0 Å². The molecule has 0 aromatic heterocycles. The predicted octanol–water partition coefficient (Wildman–Crippen LogP) is 3.05. The maximum atomic E-state index is 11.2. The number of hydrazine groups is 1. The molecule has 0 saturated heterocycles. The second-order valence-electron chi connectivity index (χ2n) is 3.75. The molecule has 0 bridgehead atoms. The molecule has 0 radical (unpaired) electrons. The van der Waals surface area contributed by atoms with E-state index in [0.717, 1.165) is 5.69 Å². The lowest BCUT2D eigenvalue weighted by Crippen LogP contribution is -2.30. The number of carbonyl (C=O) groups excluding carboxylic acids is 1. The van der Waals surface area contributed by atoms with Crippen LogP contribution in [0.15, 0.2) is 24.3 Å². The lowest BCUT2D eigenvalue weighted by Gasteiger charge is -2.10. The second-order valence-corrected chi connectivity index (χ2v) is 4.19. The molecule has 0 atom stereocenters. The first-order chi connectivity index (χ1) is 7.58. The summed E-state index contributed by atoms with van der Waals surface area (Å²) in [5, 5.41) is 0.646. The first-order valence-corrected chi connectivity index (χ1v) is 5.40. The van der Waals surface area contributed by atoms with Crippen LogP contribution in [-0.4, -0.2) is 12.7 Å². The van der Waals surface area contributed by atoms with E-state index in [1.54, 1.807) is 24.3 Å². The topological polar surface area (TPSA) is 50.4 Å². The third-order valence-electron chi connectivity index (χ3n) is 1.70. The van der Waals surface area contributed by atoms with Crippen molar-refractivity contribution >= 4 is 23.4 Å². The summed E-state index contributed by atoms with van der Waals surface area (Å²) in [6.07, 6.45) is -0.497. The van der Waals surface area contributed by atoms with Crippen LogP contribution in [-0.2, 0) is 4.74 Å². The molecule has 0 unspecified atom stereocenters. The van der Waals surface area contributed by atoms with Gasteiger partial charge in [-0.25, -0.2) is 10.2 Å². The molecule has 0 heterocycles. The number of rotatable bonds is 4. The normalized spacial score (nSPS) is 10.0. The van der Waals surface area contributed by atoms with E-state index in [2.05, 4.69) is 10.9 Å². The first kappa shape index (κ1) is 12.6. The number of carbonyl (C=O) groups is 1. The summed E-state index contributed by atoms with van der Waals surface area (Å²) in [6.45, 7) is 4.34. The number of hydrogen-bond donors (Lipinski definition) is 2. The Morgan fingerprint density at radius 2 is 2.00 bits per heavy atom. The van der Waals surface area contributed by atoms with E-state index in [-0.39, 0.29) is 0 Å². The van der Waals surface area contributed by atoms with E-state index in [1.807, 2.05) is 13.8 Å². The summed E-state index contributed by atoms with van der Waals surface area (Å²) in [5.41, 5.74) is 5.87. The summed E-state index contributed by atoms with van der Waals surface area (Å²) in [4.78, 5) is 11.2. The van der Waals surface area contributed by atoms with E-state index in [9.17, 15) is 4.79 Å². The fourth-order valence-electron chi connectivity index (χ4n) is 0.935. The van der Waals surface area contributed by atoms with Crippen molar-refractivity contribution in [2.45, 2.75) is 13.8 Å². The Bertz CT molecular complexity index is 338. The zero-order chi connectivity index (χ0) is 12.0. The van der Waals surface area contributed by atoms with Gasteiger partial charge in [-0.3, -0.25) is 5.43 Å². The summed E-state index contributed by atoms with van der Waals surface area (Å²) in [6, 6.07) is 6.96. The molecule has 1 rings (SSSR count). The first-order valence-electron chi connectivity index (χ1n) is 5.02. The number of nitrogens with one attached hydrogen (secondary N) is 2. The van der Waals surface area contributed by atoms with Gasteiger partial charge in [0.1, 0.15) is 0 Å². The van der Waals surface area contributed by atoms with Gasteiger partial charge in [-0.05, 0) is 30.2 Å². The van der Waals surface area contributed by atoms with Crippen LogP contribution in [0.3, 0.4) is 0 Å². The SMILES string of the molecule is CC(C)COC(=O)NNc1ccc(Cl)cc1. The van der Waals surface area contributed by atoms with Gasteiger partial charge >= 0.3 is 6.09 Å². The van der Waals surface area contributed by atoms with Crippen LogP contribution >= 0.6 is 11.6 Å². The van der Waals surface area contributed by atoms with Crippen molar-refractivity contribution in [2.24, 2.45) is 5.92 Å². The van der Waals surface area contributed by atoms with Crippen LogP contribution in [0.5, 0.6) is 0 Å². The maximum Gasteiger partial charge on any atom is 0.425 e. The summed E-state index contributed by atoms with van der Waals surface area (Å²) >= 11 is 5.72. The summed E-state index contributed by atoms with van der Waals surface area (Å²) in [5.74, 6) is 0.321. The zero-order valence-corrected chi connectivity index (χ0v) is 10.0. The van der Waals surface area contributed by atoms with Gasteiger partial charge in [0.2, 0.25) is 0 Å². The average molecular weight is 243 g/mol. The molecule has 88 valence electrons. The number of anilines is 1. The molecular weight excluding hydrogens is 228 g/mol. The van der Waals surface area contributed by atoms with Crippen molar-refractivity contribution < 1.29 is 9.53 Å². The highest BCUT2D eigenvalue weighted by atomic mass is 35.5. The minimum Gasteiger partial charge on any atom is -0.448 e. The number of halogens is 1. The molecule has 0 saturated carbocycles. The van der Waals surface area contributed by atoms with Gasteiger partial charge in [-0.15, -0.1) is 0 Å². The molecule has 0 spiro atoms. The highest BCUT2D eigenvalue weighted by Crippen LogP contribution is 2.12. The zero-order valence-electron chi connectivity index (χ0n) is 9.29. The predicted molar refractivity (Wildman–Crippen MR) is 64.4 cm³/mol. The lowest BCUT2D eigenvalue weighted by atomic mass is 10.2. The van der Waals surface area contributed by atoms with E-state index in [4.69, 9.17) is 16.3 Å². The minimum atomic E-state index is -0.497. The maximum absolute atomic E-state index is 11.2. The van der Waals surface area contributed by atoms with Gasteiger partial charge in [0.15, 0.2) is 0 Å². The molecule has 1 aromatic carbocycles. The van der Waals surface area contributed by atoms with E-state index < -0.39 is 6.09 Å². The van der Waals surface area contributed by atoms with Gasteiger partial charge in [-0.1, -0.05) is 25.4 Å². The third kappa shape index (κ3) is 4.89. The third-order valence-corrected chi connectivity index (χ3v) is 1.95. The van der Waals surface area contributed by atoms with Crippen LogP contribution in [0, 0.1) is 5.92 Å². The van der Waals surface area contributed by atoms with Gasteiger partial charge in [0.05, 0.1) is 12.3 Å². The Morgan fingerprint density at radius 3 is 2.56 bits per heavy atom. The highest BCUT2D eigenvalue weighted by Gasteiger charge is 2.02. The monoisotopic (exact) mass is 242 g/mol. The number of amides is 1. The van der Waals surface area contributed by atoms with Crippen molar-refractivity contribution in [3.63, 3.8) is 0 Å². The van der Waals surface area contributed by atoms with Crippen LogP contribution < -0.4 is 10.9 Å². The van der Waals surface area contributed by atoms with Crippen molar-refractivity contribution in [3.05, 3.63) is 29.3 Å². The molecule has 0 aliphatic carbocycles. The molecule has 0 aliphatic rings. The summed E-state index contributed by atoms with van der Waals surface area (Å²) < 4.78 is 4.91. The van der Waals surface area contributed by atoms with Crippen LogP contribution in [0.2, 0.25) is 5.02 Å². The average Bonchev–Trinajstić information content (AvgIpc) is 2.25. The molecule has 1 amide bonds. The van der Waals surface area contributed by atoms with E-state index in [1.165, 1.54) is 0 Å². The molecule has 5 heteroatoms. The minimum absolute atomic E-state index is 0.321. The molecule has 16 heavy (non-hydrogen) atoms. The van der Waals surface area contributed by atoms with Gasteiger partial charge in [0.25, 0.3) is 0 Å². The lowest BCUT2D eigenvalue weighted by molar-refractivity contribution is 0.135. The molecule has 0 aliphatic heterocycles. The van der Waals surface area contributed by atoms with Crippen molar-refractivity contribution in [1.29, 1.82) is 0 Å². The highest BCUT2D eigenvalue weighted by molar-refractivity contribution is 6.30. The molecule has 0 fully saturated rings. The molecule has 1 aromatic rings. The standard InChI is InChI=1S/C11H15ClN2O2/c1-8(2)7-16-11(15)14-13-10-5-3-9(12)4-6-10/h3-6,8,13H,7H2,1-2H3,(H,14,15). The van der Waals surface area contributed by atoms with Gasteiger partial charge < -0.3 is 4.74 Å².